The van der Waals surface area contributed by atoms with Crippen LogP contribution in [-0.2, 0) is 4.79 Å². The van der Waals surface area contributed by atoms with E-state index in [9.17, 15) is 4.79 Å². The van der Waals surface area contributed by atoms with E-state index in [1.165, 1.54) is 5.56 Å². The van der Waals surface area contributed by atoms with Crippen LogP contribution in [0.15, 0.2) is 30.3 Å². The zero-order valence-corrected chi connectivity index (χ0v) is 8.86. The molecule has 0 aliphatic heterocycles. The molecule has 1 N–H and O–H groups in total. The van der Waals surface area contributed by atoms with E-state index in [-0.39, 0.29) is 0 Å². The van der Waals surface area contributed by atoms with Crippen LogP contribution >= 0.6 is 0 Å². The maximum atomic E-state index is 9.76. The van der Waals surface area contributed by atoms with Gasteiger partial charge in [-0.25, -0.2) is 0 Å². The highest BCUT2D eigenvalue weighted by Gasteiger charge is 1.90. The Balaban J connectivity index is 0.000000241. The Morgan fingerprint density at radius 3 is 2.07 bits per heavy atom. The second-order valence-electron chi connectivity index (χ2n) is 3.15. The van der Waals surface area contributed by atoms with Crippen molar-refractivity contribution in [1.29, 1.82) is 0 Å². The second kappa shape index (κ2) is 8.30. The number of rotatable bonds is 3. The third-order valence-corrected chi connectivity index (χ3v) is 1.68. The highest BCUT2D eigenvalue weighted by Crippen LogP contribution is 1.92. The molecule has 0 saturated heterocycles. The van der Waals surface area contributed by atoms with Gasteiger partial charge in [-0.1, -0.05) is 49.2 Å². The van der Waals surface area contributed by atoms with Crippen molar-refractivity contribution in [2.45, 2.75) is 33.1 Å². The molecule has 2 nitrogen and oxygen atoms in total. The van der Waals surface area contributed by atoms with E-state index in [0.717, 1.165) is 12.8 Å². The number of hydrogen-bond acceptors (Lipinski definition) is 1. The van der Waals surface area contributed by atoms with Crippen LogP contribution in [0.3, 0.4) is 0 Å². The quantitative estimate of drug-likeness (QED) is 0.801. The number of aliphatic carboxylic acids is 1. The molecule has 0 amide bonds. The zero-order chi connectivity index (χ0) is 10.8. The average Bonchev–Trinajstić information content (AvgIpc) is 2.17. The number of carbonyl (C=O) groups is 1. The molecule has 0 heterocycles. The van der Waals surface area contributed by atoms with Crippen molar-refractivity contribution in [1.82, 2.24) is 0 Å². The highest BCUT2D eigenvalue weighted by atomic mass is 16.4. The molecule has 0 fully saturated rings. The molecule has 0 radical (unpaired) electrons. The number of carboxylic acids is 1. The monoisotopic (exact) mass is 194 g/mol. The van der Waals surface area contributed by atoms with Crippen LogP contribution in [0.5, 0.6) is 0 Å². The summed E-state index contributed by atoms with van der Waals surface area (Å²) in [6.07, 6.45) is 2.08. The zero-order valence-electron chi connectivity index (χ0n) is 8.86. The number of carboxylic acid groups (broad SMARTS) is 1. The second-order valence-corrected chi connectivity index (χ2v) is 3.15. The van der Waals surface area contributed by atoms with Gasteiger partial charge in [0.1, 0.15) is 0 Å². The molecule has 14 heavy (non-hydrogen) atoms. The van der Waals surface area contributed by atoms with Gasteiger partial charge in [0.25, 0.3) is 0 Å². The summed E-state index contributed by atoms with van der Waals surface area (Å²) >= 11 is 0. The molecule has 2 heteroatoms. The lowest BCUT2D eigenvalue weighted by Crippen LogP contribution is -1.91. The molecular weight excluding hydrogens is 176 g/mol. The van der Waals surface area contributed by atoms with Gasteiger partial charge < -0.3 is 5.11 Å². The highest BCUT2D eigenvalue weighted by molar-refractivity contribution is 5.66. The van der Waals surface area contributed by atoms with Gasteiger partial charge in [0.15, 0.2) is 0 Å². The number of aryl methyl sites for hydroxylation is 1. The van der Waals surface area contributed by atoms with Crippen molar-refractivity contribution in [2.75, 3.05) is 0 Å². The molecule has 0 aliphatic carbocycles. The SMILES string of the molecule is CCCCC(=O)O.Cc1ccccc1. The molecule has 0 saturated carbocycles. The van der Waals surface area contributed by atoms with Gasteiger partial charge in [0.2, 0.25) is 0 Å². The van der Waals surface area contributed by atoms with Gasteiger partial charge >= 0.3 is 5.97 Å². The molecule has 0 spiro atoms. The predicted molar refractivity (Wildman–Crippen MR) is 58.3 cm³/mol. The molecule has 1 aromatic carbocycles. The molecular formula is C12H18O2. The van der Waals surface area contributed by atoms with Gasteiger partial charge in [-0.3, -0.25) is 4.79 Å². The molecule has 0 aliphatic rings. The van der Waals surface area contributed by atoms with Gasteiger partial charge in [-0.15, -0.1) is 0 Å². The van der Waals surface area contributed by atoms with E-state index >= 15 is 0 Å². The Hall–Kier alpha value is -1.31. The van der Waals surface area contributed by atoms with Gasteiger partial charge in [0, 0.05) is 6.42 Å². The Morgan fingerprint density at radius 2 is 1.86 bits per heavy atom. The summed E-state index contributed by atoms with van der Waals surface area (Å²) in [7, 11) is 0. The van der Waals surface area contributed by atoms with Crippen LogP contribution in [0, 0.1) is 6.92 Å². The largest absolute Gasteiger partial charge is 0.481 e. The standard InChI is InChI=1S/C7H8.C5H10O2/c1-7-5-3-2-4-6-7;1-2-3-4-5(6)7/h2-6H,1H3;2-4H2,1H3,(H,6,7). The minimum Gasteiger partial charge on any atom is -0.481 e. The summed E-state index contributed by atoms with van der Waals surface area (Å²) in [6.45, 7) is 4.06. The molecule has 0 aromatic heterocycles. The third-order valence-electron chi connectivity index (χ3n) is 1.68. The molecule has 78 valence electrons. The smallest absolute Gasteiger partial charge is 0.303 e. The summed E-state index contributed by atoms with van der Waals surface area (Å²) in [5.74, 6) is -0.693. The first kappa shape index (κ1) is 12.7. The minimum absolute atomic E-state index is 0.316. The average molecular weight is 194 g/mol. The fourth-order valence-electron chi connectivity index (χ4n) is 0.862. The maximum absolute atomic E-state index is 9.76. The lowest BCUT2D eigenvalue weighted by molar-refractivity contribution is -0.137. The first-order valence-electron chi connectivity index (χ1n) is 4.90. The summed E-state index contributed by atoms with van der Waals surface area (Å²) < 4.78 is 0. The van der Waals surface area contributed by atoms with E-state index in [4.69, 9.17) is 5.11 Å². The van der Waals surface area contributed by atoms with Crippen LogP contribution in [0.4, 0.5) is 0 Å². The topological polar surface area (TPSA) is 37.3 Å². The lowest BCUT2D eigenvalue weighted by Gasteiger charge is -1.85. The lowest BCUT2D eigenvalue weighted by atomic mass is 10.2. The van der Waals surface area contributed by atoms with Crippen molar-refractivity contribution in [3.63, 3.8) is 0 Å². The maximum Gasteiger partial charge on any atom is 0.303 e. The van der Waals surface area contributed by atoms with Crippen molar-refractivity contribution in [3.8, 4) is 0 Å². The fourth-order valence-corrected chi connectivity index (χ4v) is 0.862. The first-order chi connectivity index (χ1) is 6.66. The van der Waals surface area contributed by atoms with E-state index in [1.54, 1.807) is 0 Å². The Labute approximate surface area is 85.6 Å². The van der Waals surface area contributed by atoms with Crippen LogP contribution in [0.2, 0.25) is 0 Å². The number of unbranched alkanes of at least 4 members (excludes halogenated alkanes) is 1. The Bertz CT molecular complexity index is 242. The Kier molecular flexibility index (Phi) is 7.52. The van der Waals surface area contributed by atoms with Crippen LogP contribution in [0.25, 0.3) is 0 Å². The Morgan fingerprint density at radius 1 is 1.29 bits per heavy atom. The molecule has 0 unspecified atom stereocenters. The van der Waals surface area contributed by atoms with Crippen molar-refractivity contribution in [3.05, 3.63) is 35.9 Å². The summed E-state index contributed by atoms with van der Waals surface area (Å²) in [4.78, 5) is 9.76. The van der Waals surface area contributed by atoms with Crippen LogP contribution in [-0.4, -0.2) is 11.1 Å². The number of hydrogen-bond donors (Lipinski definition) is 1. The van der Waals surface area contributed by atoms with Crippen molar-refractivity contribution >= 4 is 5.97 Å². The van der Waals surface area contributed by atoms with Gasteiger partial charge in [0.05, 0.1) is 0 Å². The third kappa shape index (κ3) is 8.78. The first-order valence-corrected chi connectivity index (χ1v) is 4.90. The normalized spacial score (nSPS) is 8.71. The molecule has 1 aromatic rings. The molecule has 0 atom stereocenters. The molecule has 1 rings (SSSR count). The van der Waals surface area contributed by atoms with Gasteiger partial charge in [-0.2, -0.15) is 0 Å². The van der Waals surface area contributed by atoms with E-state index in [2.05, 4.69) is 19.1 Å². The van der Waals surface area contributed by atoms with E-state index in [0.29, 0.717) is 6.42 Å². The van der Waals surface area contributed by atoms with Crippen LogP contribution in [0.1, 0.15) is 31.7 Å². The van der Waals surface area contributed by atoms with Crippen LogP contribution < -0.4 is 0 Å². The minimum atomic E-state index is -0.693. The summed E-state index contributed by atoms with van der Waals surface area (Å²) in [5.41, 5.74) is 1.32. The number of benzene rings is 1. The van der Waals surface area contributed by atoms with E-state index < -0.39 is 5.97 Å². The fraction of sp³-hybridized carbons (Fsp3) is 0.417. The summed E-state index contributed by atoms with van der Waals surface area (Å²) in [5, 5.41) is 8.04. The van der Waals surface area contributed by atoms with Crippen molar-refractivity contribution in [2.24, 2.45) is 0 Å². The van der Waals surface area contributed by atoms with Gasteiger partial charge in [-0.05, 0) is 13.3 Å². The van der Waals surface area contributed by atoms with E-state index in [1.807, 2.05) is 25.1 Å². The summed E-state index contributed by atoms with van der Waals surface area (Å²) in [6, 6.07) is 10.3. The van der Waals surface area contributed by atoms with Crippen molar-refractivity contribution < 1.29 is 9.90 Å². The predicted octanol–water partition coefficient (Wildman–Crippen LogP) is 3.26. The molecule has 0 bridgehead atoms.